The molecule has 4 N–H and O–H groups in total. The molecule has 0 radical (unpaired) electrons. The van der Waals surface area contributed by atoms with Crippen molar-refractivity contribution >= 4 is 39.3 Å². The number of amides is 2. The molecule has 0 unspecified atom stereocenters. The Morgan fingerprint density at radius 2 is 1.70 bits per heavy atom. The van der Waals surface area contributed by atoms with Gasteiger partial charge < -0.3 is 19.7 Å². The van der Waals surface area contributed by atoms with Gasteiger partial charge in [0, 0.05) is 41.8 Å². The number of nitrogens with zero attached hydrogens (tertiary/aromatic N) is 6. The van der Waals surface area contributed by atoms with E-state index in [9.17, 15) is 18.3 Å². The predicted molar refractivity (Wildman–Crippen MR) is 208 cm³/mol. The molecule has 1 aliphatic carbocycles. The number of ether oxygens (including phenoxy) is 1. The van der Waals surface area contributed by atoms with Gasteiger partial charge in [-0.3, -0.25) is 14.8 Å². The number of halogens is 1. The number of aromatic nitrogens is 5. The Bertz CT molecular complexity index is 2260. The Labute approximate surface area is 319 Å². The number of phenols is 1. The summed E-state index contributed by atoms with van der Waals surface area (Å²) < 4.78 is 36.0. The fourth-order valence-corrected chi connectivity index (χ4v) is 6.66. The lowest BCUT2D eigenvalue weighted by Crippen LogP contribution is -2.36. The zero-order valence-corrected chi connectivity index (χ0v) is 32.5. The minimum Gasteiger partial charge on any atom is -0.507 e. The summed E-state index contributed by atoms with van der Waals surface area (Å²) in [6.07, 6.45) is 3.51. The molecule has 0 atom stereocenters. The van der Waals surface area contributed by atoms with E-state index in [0.717, 1.165) is 77.7 Å². The van der Waals surface area contributed by atoms with Crippen LogP contribution in [0.2, 0.25) is 5.02 Å². The minimum absolute atomic E-state index is 0.130. The maximum Gasteiger partial charge on any atom is 0.324 e. The van der Waals surface area contributed by atoms with E-state index in [-0.39, 0.29) is 17.2 Å². The molecule has 14 nitrogen and oxygen atoms in total. The third-order valence-corrected chi connectivity index (χ3v) is 9.42. The van der Waals surface area contributed by atoms with Crippen LogP contribution in [0.1, 0.15) is 55.4 Å². The normalized spacial score (nSPS) is 14.1. The van der Waals surface area contributed by atoms with Crippen LogP contribution >= 0.6 is 11.6 Å². The number of fused-ring (bicyclic) bond motifs is 2. The van der Waals surface area contributed by atoms with Crippen molar-refractivity contribution in [2.24, 2.45) is 0 Å². The zero-order chi connectivity index (χ0) is 38.8. The van der Waals surface area contributed by atoms with Gasteiger partial charge in [0.15, 0.2) is 5.82 Å². The number of hydrogen-bond donors (Lipinski definition) is 4. The van der Waals surface area contributed by atoms with Crippen molar-refractivity contribution < 1.29 is 27.6 Å². The molecule has 7 rings (SSSR count). The molecule has 16 heteroatoms. The van der Waals surface area contributed by atoms with Gasteiger partial charge >= 0.3 is 6.03 Å². The Morgan fingerprint density at radius 3 is 2.43 bits per heavy atom. The molecular formula is C38H45ClN8O6S. The molecule has 0 saturated carbocycles. The molecule has 2 amide bonds. The first-order valence-electron chi connectivity index (χ1n) is 17.6. The Balaban J connectivity index is 0.000000934. The highest BCUT2D eigenvalue weighted by molar-refractivity contribution is 7.85. The zero-order valence-electron chi connectivity index (χ0n) is 30.9. The van der Waals surface area contributed by atoms with Crippen molar-refractivity contribution in [3.8, 4) is 28.6 Å². The number of aromatic hydroxyl groups is 1. The second-order valence-corrected chi connectivity index (χ2v) is 16.4. The van der Waals surface area contributed by atoms with Gasteiger partial charge in [-0.25, -0.2) is 9.48 Å². The van der Waals surface area contributed by atoms with Gasteiger partial charge in [0.2, 0.25) is 0 Å². The summed E-state index contributed by atoms with van der Waals surface area (Å²) in [5.74, 6) is 3.06. The fourth-order valence-electron chi connectivity index (χ4n) is 6.48. The summed E-state index contributed by atoms with van der Waals surface area (Å²) in [4.78, 5) is 15.7. The molecule has 2 aliphatic rings. The minimum atomic E-state index is -3.67. The third-order valence-electron chi connectivity index (χ3n) is 9.18. The number of rotatable bonds is 8. The molecule has 286 valence electrons. The number of nitrogens with one attached hydrogen (secondary N) is 2. The molecular weight excluding hydrogens is 732 g/mol. The monoisotopic (exact) mass is 776 g/mol. The second-order valence-electron chi connectivity index (χ2n) is 14.5. The van der Waals surface area contributed by atoms with E-state index in [1.165, 1.54) is 0 Å². The quantitative estimate of drug-likeness (QED) is 0.125. The molecule has 5 aromatic rings. The largest absolute Gasteiger partial charge is 0.507 e. The number of urea groups is 1. The summed E-state index contributed by atoms with van der Waals surface area (Å²) in [6, 6.07) is 18.6. The van der Waals surface area contributed by atoms with E-state index in [4.69, 9.17) is 26.0 Å². The summed E-state index contributed by atoms with van der Waals surface area (Å²) >= 11 is 6.17. The van der Waals surface area contributed by atoms with Crippen LogP contribution in [0.3, 0.4) is 0 Å². The van der Waals surface area contributed by atoms with Gasteiger partial charge in [-0.2, -0.15) is 13.5 Å². The first-order chi connectivity index (χ1) is 25.5. The van der Waals surface area contributed by atoms with E-state index >= 15 is 0 Å². The van der Waals surface area contributed by atoms with Crippen molar-refractivity contribution in [2.75, 3.05) is 36.6 Å². The van der Waals surface area contributed by atoms with Crippen LogP contribution in [0, 0.1) is 6.92 Å². The second kappa shape index (κ2) is 15.8. The highest BCUT2D eigenvalue weighted by atomic mass is 35.5. The maximum atomic E-state index is 13.4. The molecule has 0 fully saturated rings. The predicted octanol–water partition coefficient (Wildman–Crippen LogP) is 6.63. The smallest absolute Gasteiger partial charge is 0.324 e. The first kappa shape index (κ1) is 38.8. The number of hydrogen-bond acceptors (Lipinski definition) is 9. The van der Waals surface area contributed by atoms with Crippen LogP contribution in [0.25, 0.3) is 17.1 Å². The number of carbonyl (C=O) groups is 1. The highest BCUT2D eigenvalue weighted by Gasteiger charge is 2.26. The van der Waals surface area contributed by atoms with Gasteiger partial charge in [0.25, 0.3) is 10.1 Å². The van der Waals surface area contributed by atoms with Crippen molar-refractivity contribution in [2.45, 2.75) is 65.5 Å². The summed E-state index contributed by atoms with van der Waals surface area (Å²) in [5.41, 5.74) is 6.40. The molecule has 2 aromatic heterocycles. The summed E-state index contributed by atoms with van der Waals surface area (Å²) in [5, 5.41) is 30.6. The third kappa shape index (κ3) is 9.39. The van der Waals surface area contributed by atoms with Crippen LogP contribution in [0.5, 0.6) is 11.5 Å². The van der Waals surface area contributed by atoms with E-state index in [2.05, 4.69) is 46.5 Å². The molecule has 0 bridgehead atoms. The standard InChI is InChI=1S/C37H41ClN8O3.CH4O3S/c1-23-8-11-25(12-9-23)46-33(21-32(43-46)37(2,3)4)40-36(48)39-29-13-15-31(27-7-5-6-26(27)29)49-19-18-44-16-17-45-34(22-44)41-42-35(45)28-20-24(38)10-14-30(28)47;1-5(2,3)4/h8-15,20-21,47H,5-7,16-19,22H2,1-4H3,(H2,39,40,48);1H3,(H,2,3,4). The van der Waals surface area contributed by atoms with Crippen molar-refractivity contribution in [3.05, 3.63) is 93.9 Å². The van der Waals surface area contributed by atoms with Crippen LogP contribution in [-0.2, 0) is 41.5 Å². The lowest BCUT2D eigenvalue weighted by molar-refractivity contribution is 0.174. The van der Waals surface area contributed by atoms with Gasteiger partial charge in [0.05, 0.1) is 29.7 Å². The van der Waals surface area contributed by atoms with Crippen LogP contribution in [0.4, 0.5) is 16.3 Å². The van der Waals surface area contributed by atoms with E-state index in [1.54, 1.807) is 22.9 Å². The average Bonchev–Trinajstić information content (AvgIpc) is 3.85. The Morgan fingerprint density at radius 1 is 0.981 bits per heavy atom. The molecule has 0 saturated heterocycles. The number of anilines is 2. The van der Waals surface area contributed by atoms with Crippen molar-refractivity contribution in [1.29, 1.82) is 0 Å². The van der Waals surface area contributed by atoms with Crippen LogP contribution < -0.4 is 15.4 Å². The fraction of sp³-hybridized carbons (Fsp3) is 0.368. The molecule has 3 aromatic carbocycles. The molecule has 0 spiro atoms. The first-order valence-corrected chi connectivity index (χ1v) is 19.8. The van der Waals surface area contributed by atoms with E-state index in [1.807, 2.05) is 54.0 Å². The van der Waals surface area contributed by atoms with Crippen LogP contribution in [0.15, 0.2) is 60.7 Å². The van der Waals surface area contributed by atoms with Gasteiger partial charge in [-0.1, -0.05) is 50.1 Å². The molecule has 3 heterocycles. The number of aryl methyl sites for hydroxylation is 1. The van der Waals surface area contributed by atoms with Crippen molar-refractivity contribution in [3.63, 3.8) is 0 Å². The SMILES string of the molecule is CS(=O)(=O)O.Cc1ccc(-n2nc(C(C)(C)C)cc2NC(=O)Nc2ccc(OCCN3CCn4c(nnc4-c4cc(Cl)ccc4O)C3)c3c2CCC3)cc1. The lowest BCUT2D eigenvalue weighted by atomic mass is 9.92. The number of carbonyl (C=O) groups excluding carboxylic acids is 1. The highest BCUT2D eigenvalue weighted by Crippen LogP contribution is 2.37. The van der Waals surface area contributed by atoms with Gasteiger partial charge in [-0.05, 0) is 79.8 Å². The summed E-state index contributed by atoms with van der Waals surface area (Å²) in [6.45, 7) is 11.8. The van der Waals surface area contributed by atoms with E-state index in [0.29, 0.717) is 48.2 Å². The Kier molecular flexibility index (Phi) is 11.3. The Hall–Kier alpha value is -4.96. The lowest BCUT2D eigenvalue weighted by Gasteiger charge is -2.27. The molecule has 54 heavy (non-hydrogen) atoms. The maximum absolute atomic E-state index is 13.4. The topological polar surface area (TPSA) is 177 Å². The average molecular weight is 777 g/mol. The van der Waals surface area contributed by atoms with Crippen molar-refractivity contribution in [1.82, 2.24) is 29.4 Å². The molecule has 1 aliphatic heterocycles. The van der Waals surface area contributed by atoms with E-state index < -0.39 is 10.1 Å². The van der Waals surface area contributed by atoms with Gasteiger partial charge in [0.1, 0.15) is 29.7 Å². The van der Waals surface area contributed by atoms with Crippen LogP contribution in [-0.4, -0.2) is 79.5 Å². The van der Waals surface area contributed by atoms with Gasteiger partial charge in [-0.15, -0.1) is 10.2 Å². The summed E-state index contributed by atoms with van der Waals surface area (Å²) in [7, 11) is -3.67. The number of phenolic OH excluding ortho intramolecular Hbond substituents is 1. The number of benzene rings is 3.